The van der Waals surface area contributed by atoms with Gasteiger partial charge in [0.15, 0.2) is 0 Å². The van der Waals surface area contributed by atoms with Gasteiger partial charge in [-0.05, 0) is 68.0 Å². The van der Waals surface area contributed by atoms with Crippen LogP contribution in [-0.4, -0.2) is 22.6 Å². The Kier molecular flexibility index (Phi) is 5.83. The number of benzene rings is 2. The van der Waals surface area contributed by atoms with Crippen LogP contribution in [-0.2, 0) is 6.42 Å². The van der Waals surface area contributed by atoms with Crippen LogP contribution >= 0.6 is 11.6 Å². The predicted molar refractivity (Wildman–Crippen MR) is 117 cm³/mol. The van der Waals surface area contributed by atoms with Crippen molar-refractivity contribution in [3.05, 3.63) is 52.8 Å². The van der Waals surface area contributed by atoms with Gasteiger partial charge in [0.1, 0.15) is 11.6 Å². The average Bonchev–Trinajstić information content (AvgIpc) is 3.55. The first-order chi connectivity index (χ1) is 14.1. The summed E-state index contributed by atoms with van der Waals surface area (Å²) in [4.78, 5) is 9.49. The summed E-state index contributed by atoms with van der Waals surface area (Å²) in [6, 6.07) is 11.0. The third-order valence-corrected chi connectivity index (χ3v) is 5.64. The number of nitrogens with zero attached hydrogens (tertiary/aromatic N) is 2. The molecule has 0 radical (unpaired) electrons. The first-order valence-electron chi connectivity index (χ1n) is 10.1. The van der Waals surface area contributed by atoms with Gasteiger partial charge < -0.3 is 16.4 Å². The van der Waals surface area contributed by atoms with Crippen LogP contribution in [0.25, 0.3) is 10.9 Å². The first kappa shape index (κ1) is 19.9. The molecule has 0 saturated heterocycles. The van der Waals surface area contributed by atoms with E-state index in [-0.39, 0.29) is 5.02 Å². The minimum absolute atomic E-state index is 0.0535. The maximum atomic E-state index is 13.5. The van der Waals surface area contributed by atoms with E-state index in [1.54, 1.807) is 6.07 Å². The molecule has 3 aromatic rings. The molecule has 7 heteroatoms. The summed E-state index contributed by atoms with van der Waals surface area (Å²) in [7, 11) is 0. The molecule has 2 aromatic carbocycles. The molecular weight excluding hydrogens is 389 g/mol. The monoisotopic (exact) mass is 413 g/mol. The maximum Gasteiger partial charge on any atom is 0.229 e. The fourth-order valence-corrected chi connectivity index (χ4v) is 3.85. The largest absolute Gasteiger partial charge is 0.366 e. The zero-order chi connectivity index (χ0) is 20.4. The van der Waals surface area contributed by atoms with Gasteiger partial charge in [-0.1, -0.05) is 30.7 Å². The van der Waals surface area contributed by atoms with Crippen molar-refractivity contribution < 1.29 is 4.39 Å². The number of hydrogen-bond acceptors (Lipinski definition) is 5. The quantitative estimate of drug-likeness (QED) is 0.469. The lowest BCUT2D eigenvalue weighted by atomic mass is 10.1. The molecule has 1 saturated carbocycles. The predicted octanol–water partition coefficient (Wildman–Crippen LogP) is 5.27. The van der Waals surface area contributed by atoms with Gasteiger partial charge in [0, 0.05) is 17.1 Å². The molecule has 5 nitrogen and oxygen atoms in total. The van der Waals surface area contributed by atoms with E-state index >= 15 is 0 Å². The summed E-state index contributed by atoms with van der Waals surface area (Å²) < 4.78 is 13.5. The van der Waals surface area contributed by atoms with Crippen molar-refractivity contribution in [1.29, 1.82) is 0 Å². The van der Waals surface area contributed by atoms with Gasteiger partial charge in [-0.25, -0.2) is 9.37 Å². The van der Waals surface area contributed by atoms with Gasteiger partial charge in [-0.15, -0.1) is 0 Å². The summed E-state index contributed by atoms with van der Waals surface area (Å²) >= 11 is 5.92. The van der Waals surface area contributed by atoms with Crippen molar-refractivity contribution in [2.45, 2.75) is 38.6 Å². The maximum absolute atomic E-state index is 13.5. The molecular formula is C22H25ClFN5. The summed E-state index contributed by atoms with van der Waals surface area (Å²) in [5, 5.41) is 7.84. The Morgan fingerprint density at radius 1 is 1.24 bits per heavy atom. The number of para-hydroxylation sites is 1. The third kappa shape index (κ3) is 4.43. The number of hydrogen-bond donors (Lipinski definition) is 3. The van der Waals surface area contributed by atoms with Gasteiger partial charge in [-0.2, -0.15) is 4.98 Å². The van der Waals surface area contributed by atoms with Gasteiger partial charge in [-0.3, -0.25) is 0 Å². The summed E-state index contributed by atoms with van der Waals surface area (Å²) in [5.41, 5.74) is 8.39. The van der Waals surface area contributed by atoms with Gasteiger partial charge in [0.2, 0.25) is 5.95 Å². The minimum atomic E-state index is -0.459. The number of fused-ring (bicyclic) bond motifs is 1. The molecule has 1 aromatic heterocycles. The van der Waals surface area contributed by atoms with E-state index in [9.17, 15) is 4.39 Å². The van der Waals surface area contributed by atoms with Crippen LogP contribution in [0.15, 0.2) is 36.4 Å². The molecule has 1 unspecified atom stereocenters. The van der Waals surface area contributed by atoms with E-state index < -0.39 is 5.82 Å². The zero-order valence-electron chi connectivity index (χ0n) is 16.4. The molecule has 152 valence electrons. The van der Waals surface area contributed by atoms with Crippen molar-refractivity contribution in [3.8, 4) is 0 Å². The van der Waals surface area contributed by atoms with Crippen molar-refractivity contribution >= 4 is 40.0 Å². The fourth-order valence-electron chi connectivity index (χ4n) is 3.67. The van der Waals surface area contributed by atoms with Gasteiger partial charge in [0.05, 0.1) is 10.5 Å². The Morgan fingerprint density at radius 3 is 2.76 bits per heavy atom. The van der Waals surface area contributed by atoms with E-state index in [2.05, 4.69) is 17.6 Å². The van der Waals surface area contributed by atoms with Crippen molar-refractivity contribution in [2.75, 3.05) is 17.2 Å². The molecule has 1 fully saturated rings. The summed E-state index contributed by atoms with van der Waals surface area (Å²) in [6.45, 7) is 2.74. The van der Waals surface area contributed by atoms with Crippen molar-refractivity contribution in [3.63, 3.8) is 0 Å². The lowest BCUT2D eigenvalue weighted by Gasteiger charge is -2.20. The Bertz CT molecular complexity index is 1020. The van der Waals surface area contributed by atoms with E-state index in [1.807, 2.05) is 18.2 Å². The standard InChI is InChI=1S/C22H25ClFN5/c1-2-19(13-6-7-13)27-21-16-5-3-4-14(10-11-25)20(16)28-22(29-21)26-15-8-9-18(24)17(23)12-15/h3-5,8-9,12-13,19H,2,6-7,10-11,25H2,1H3,(H2,26,27,28,29). The fraction of sp³-hybridized carbons (Fsp3) is 0.364. The highest BCUT2D eigenvalue weighted by atomic mass is 35.5. The van der Waals surface area contributed by atoms with Crippen LogP contribution in [0.1, 0.15) is 31.7 Å². The zero-order valence-corrected chi connectivity index (χ0v) is 17.1. The number of halogens is 2. The van der Waals surface area contributed by atoms with E-state index in [0.29, 0.717) is 30.1 Å². The van der Waals surface area contributed by atoms with E-state index in [0.717, 1.165) is 35.1 Å². The van der Waals surface area contributed by atoms with E-state index in [4.69, 9.17) is 27.3 Å². The molecule has 1 heterocycles. The topological polar surface area (TPSA) is 75.9 Å². The van der Waals surface area contributed by atoms with Crippen LogP contribution in [0.5, 0.6) is 0 Å². The molecule has 0 bridgehead atoms. The van der Waals surface area contributed by atoms with E-state index in [1.165, 1.54) is 25.0 Å². The second-order valence-corrected chi connectivity index (χ2v) is 7.91. The van der Waals surface area contributed by atoms with Crippen LogP contribution in [0.4, 0.5) is 21.8 Å². The van der Waals surface area contributed by atoms with Crippen molar-refractivity contribution in [1.82, 2.24) is 9.97 Å². The Hall–Kier alpha value is -2.44. The Labute approximate surface area is 174 Å². The van der Waals surface area contributed by atoms with Gasteiger partial charge in [0.25, 0.3) is 0 Å². The Morgan fingerprint density at radius 2 is 2.07 bits per heavy atom. The molecule has 1 aliphatic carbocycles. The van der Waals surface area contributed by atoms with Crippen LogP contribution in [0, 0.1) is 11.7 Å². The smallest absolute Gasteiger partial charge is 0.229 e. The number of nitrogens with two attached hydrogens (primary N) is 1. The number of aromatic nitrogens is 2. The van der Waals surface area contributed by atoms with Crippen LogP contribution < -0.4 is 16.4 Å². The molecule has 1 aliphatic rings. The minimum Gasteiger partial charge on any atom is -0.366 e. The molecule has 1 atom stereocenters. The molecule has 29 heavy (non-hydrogen) atoms. The first-order valence-corrected chi connectivity index (χ1v) is 10.4. The normalized spacial score (nSPS) is 14.8. The second kappa shape index (κ2) is 8.51. The van der Waals surface area contributed by atoms with Crippen molar-refractivity contribution in [2.24, 2.45) is 11.7 Å². The van der Waals surface area contributed by atoms with Crippen LogP contribution in [0.3, 0.4) is 0 Å². The van der Waals surface area contributed by atoms with Crippen LogP contribution in [0.2, 0.25) is 5.02 Å². The number of rotatable bonds is 8. The highest BCUT2D eigenvalue weighted by Gasteiger charge is 2.30. The molecule has 4 N–H and O–H groups in total. The third-order valence-electron chi connectivity index (χ3n) is 5.35. The SMILES string of the molecule is CCC(Nc1nc(Nc2ccc(F)c(Cl)c2)nc2c(CCN)cccc12)C1CC1. The Balaban J connectivity index is 1.76. The number of nitrogens with one attached hydrogen (secondary N) is 2. The highest BCUT2D eigenvalue weighted by Crippen LogP contribution is 2.37. The summed E-state index contributed by atoms with van der Waals surface area (Å²) in [6.07, 6.45) is 4.28. The molecule has 4 rings (SSSR count). The number of anilines is 3. The van der Waals surface area contributed by atoms with Gasteiger partial charge >= 0.3 is 0 Å². The highest BCUT2D eigenvalue weighted by molar-refractivity contribution is 6.31. The average molecular weight is 414 g/mol. The second-order valence-electron chi connectivity index (χ2n) is 7.50. The molecule has 0 amide bonds. The lowest BCUT2D eigenvalue weighted by Crippen LogP contribution is -2.22. The molecule has 0 spiro atoms. The molecule has 0 aliphatic heterocycles. The lowest BCUT2D eigenvalue weighted by molar-refractivity contribution is 0.615. The summed E-state index contributed by atoms with van der Waals surface area (Å²) in [5.74, 6) is 1.49.